The topological polar surface area (TPSA) is 96.0 Å². The van der Waals surface area contributed by atoms with Crippen LogP contribution in [-0.4, -0.2) is 16.6 Å². The average Bonchev–Trinajstić information content (AvgIpc) is 3.37. The largest absolute Gasteiger partial charge is 0.493 e. The van der Waals surface area contributed by atoms with Crippen molar-refractivity contribution >= 4 is 40.4 Å². The van der Waals surface area contributed by atoms with Crippen molar-refractivity contribution in [2.45, 2.75) is 25.5 Å². The Kier molecular flexibility index (Phi) is 7.56. The normalized spacial score (nSPS) is 15.5. The highest BCUT2D eigenvalue weighted by Crippen LogP contribution is 2.43. The average molecular weight is 636 g/mol. The molecule has 0 bridgehead atoms. The molecular weight excluding hydrogens is 610 g/mol. The van der Waals surface area contributed by atoms with E-state index in [0.29, 0.717) is 20.1 Å². The summed E-state index contributed by atoms with van der Waals surface area (Å²) in [5.74, 6) is 0.549. The van der Waals surface area contributed by atoms with Gasteiger partial charge in [0.15, 0.2) is 16.3 Å². The van der Waals surface area contributed by atoms with Gasteiger partial charge in [-0.05, 0) is 53.3 Å². The molecule has 0 N–H and O–H groups in total. The second-order valence-electron chi connectivity index (χ2n) is 10.7. The van der Waals surface area contributed by atoms with E-state index in [9.17, 15) is 14.9 Å². The predicted molar refractivity (Wildman–Crippen MR) is 175 cm³/mol. The van der Waals surface area contributed by atoms with E-state index in [1.807, 2.05) is 66.7 Å². The molecule has 0 unspecified atom stereocenters. The Morgan fingerprint density at radius 1 is 1.02 bits per heavy atom. The summed E-state index contributed by atoms with van der Waals surface area (Å²) in [6.07, 6.45) is 3.08. The Labute approximate surface area is 266 Å². The summed E-state index contributed by atoms with van der Waals surface area (Å²) in [5, 5.41) is 12.8. The van der Waals surface area contributed by atoms with Crippen LogP contribution in [0.2, 0.25) is 5.02 Å². The van der Waals surface area contributed by atoms with Gasteiger partial charge in [-0.25, -0.2) is 4.99 Å². The van der Waals surface area contributed by atoms with Crippen LogP contribution in [0.25, 0.3) is 11.8 Å². The Bertz CT molecular complexity index is 2190. The zero-order valence-corrected chi connectivity index (χ0v) is 25.7. The first-order valence-electron chi connectivity index (χ1n) is 14.3. The number of allylic oxidation sites excluding steroid dienone is 1. The number of nitro benzene ring substituents is 1. The summed E-state index contributed by atoms with van der Waals surface area (Å²) in [6, 6.07) is 27.6. The van der Waals surface area contributed by atoms with Gasteiger partial charge in [-0.1, -0.05) is 95.7 Å². The van der Waals surface area contributed by atoms with Crippen molar-refractivity contribution in [1.82, 2.24) is 4.57 Å². The fourth-order valence-electron chi connectivity index (χ4n) is 5.98. The summed E-state index contributed by atoms with van der Waals surface area (Å²) in [4.78, 5) is 31.5. The molecule has 8 nitrogen and oxygen atoms in total. The first kappa shape index (κ1) is 28.8. The number of fused-ring (bicyclic) bond motifs is 3. The van der Waals surface area contributed by atoms with E-state index >= 15 is 0 Å². The van der Waals surface area contributed by atoms with E-state index in [-0.39, 0.29) is 29.2 Å². The lowest BCUT2D eigenvalue weighted by molar-refractivity contribution is -0.385. The molecule has 0 fully saturated rings. The summed E-state index contributed by atoms with van der Waals surface area (Å²) in [5.41, 5.74) is 5.54. The summed E-state index contributed by atoms with van der Waals surface area (Å²) in [6.45, 7) is 0.210. The third kappa shape index (κ3) is 5.24. The van der Waals surface area contributed by atoms with Crippen molar-refractivity contribution in [3.63, 3.8) is 0 Å². The van der Waals surface area contributed by atoms with Crippen LogP contribution >= 0.6 is 22.9 Å². The lowest BCUT2D eigenvalue weighted by Crippen LogP contribution is -2.38. The van der Waals surface area contributed by atoms with E-state index in [2.05, 4.69) is 12.1 Å². The highest BCUT2D eigenvalue weighted by Gasteiger charge is 2.33. The van der Waals surface area contributed by atoms with Crippen molar-refractivity contribution in [2.24, 2.45) is 4.99 Å². The zero-order chi connectivity index (χ0) is 31.1. The summed E-state index contributed by atoms with van der Waals surface area (Å²) < 4.78 is 13.5. The molecule has 0 spiro atoms. The minimum absolute atomic E-state index is 0.208. The molecule has 0 saturated heterocycles. The third-order valence-electron chi connectivity index (χ3n) is 8.11. The molecule has 0 radical (unpaired) electrons. The van der Waals surface area contributed by atoms with Crippen molar-refractivity contribution in [1.29, 1.82) is 0 Å². The van der Waals surface area contributed by atoms with Gasteiger partial charge in [-0.15, -0.1) is 0 Å². The highest BCUT2D eigenvalue weighted by molar-refractivity contribution is 7.07. The van der Waals surface area contributed by atoms with Gasteiger partial charge < -0.3 is 9.47 Å². The Morgan fingerprint density at radius 3 is 2.56 bits per heavy atom. The van der Waals surface area contributed by atoms with Crippen LogP contribution in [0.3, 0.4) is 0 Å². The van der Waals surface area contributed by atoms with Crippen molar-refractivity contribution < 1.29 is 14.4 Å². The van der Waals surface area contributed by atoms with Crippen LogP contribution in [-0.2, 0) is 13.0 Å². The molecule has 10 heteroatoms. The molecule has 2 heterocycles. The molecule has 1 atom stereocenters. The molecule has 1 aliphatic heterocycles. The number of methoxy groups -OCH3 is 1. The maximum atomic E-state index is 14.2. The Morgan fingerprint density at radius 2 is 1.78 bits per heavy atom. The molecule has 0 amide bonds. The predicted octanol–water partition coefficient (Wildman–Crippen LogP) is 6.47. The number of thiazole rings is 1. The molecule has 2 aliphatic rings. The molecule has 1 aliphatic carbocycles. The van der Waals surface area contributed by atoms with Crippen molar-refractivity contribution in [3.05, 3.63) is 159 Å². The molecule has 7 rings (SSSR count). The Hall–Kier alpha value is -4.99. The van der Waals surface area contributed by atoms with Crippen LogP contribution in [0.1, 0.15) is 40.3 Å². The monoisotopic (exact) mass is 635 g/mol. The molecule has 5 aromatic rings. The number of hydrogen-bond acceptors (Lipinski definition) is 7. The van der Waals surface area contributed by atoms with Gasteiger partial charge in [0.25, 0.3) is 11.2 Å². The van der Waals surface area contributed by atoms with Crippen LogP contribution in [0.15, 0.2) is 106 Å². The van der Waals surface area contributed by atoms with Gasteiger partial charge in [-0.2, -0.15) is 0 Å². The second kappa shape index (κ2) is 11.8. The molecule has 1 aromatic heterocycles. The van der Waals surface area contributed by atoms with E-state index in [1.165, 1.54) is 42.2 Å². The smallest absolute Gasteiger partial charge is 0.280 e. The number of hydrogen-bond donors (Lipinski definition) is 0. The van der Waals surface area contributed by atoms with E-state index < -0.39 is 11.0 Å². The third-order valence-corrected chi connectivity index (χ3v) is 9.43. The number of halogens is 1. The van der Waals surface area contributed by atoms with Gasteiger partial charge in [0, 0.05) is 10.6 Å². The molecular formula is C35H26ClN3O5S. The highest BCUT2D eigenvalue weighted by atomic mass is 35.5. The lowest BCUT2D eigenvalue weighted by Gasteiger charge is -2.31. The van der Waals surface area contributed by atoms with Crippen LogP contribution in [0.5, 0.6) is 11.5 Å². The Balaban J connectivity index is 1.39. The first-order valence-corrected chi connectivity index (χ1v) is 15.5. The quantitative estimate of drug-likeness (QED) is 0.151. The molecule has 0 saturated carbocycles. The van der Waals surface area contributed by atoms with Crippen LogP contribution in [0.4, 0.5) is 5.69 Å². The maximum Gasteiger partial charge on any atom is 0.280 e. The van der Waals surface area contributed by atoms with Gasteiger partial charge in [0.05, 0.1) is 39.9 Å². The SMILES string of the molecule is COc1cc(C=c2sc3n(c2=O)[C@H](c2ccccc2Cl)C2=C(N=3)c3ccccc3CC2)c([N+](=O)[O-])cc1OCc1ccccc1. The van der Waals surface area contributed by atoms with Crippen LogP contribution in [0, 0.1) is 10.1 Å². The minimum Gasteiger partial charge on any atom is -0.493 e. The number of nitro groups is 1. The lowest BCUT2D eigenvalue weighted by atomic mass is 9.83. The number of nitrogens with zero attached hydrogens (tertiary/aromatic N) is 3. The zero-order valence-electron chi connectivity index (χ0n) is 24.1. The van der Waals surface area contributed by atoms with Gasteiger partial charge in [0.2, 0.25) is 0 Å². The van der Waals surface area contributed by atoms with Crippen LogP contribution < -0.4 is 24.4 Å². The molecule has 224 valence electrons. The summed E-state index contributed by atoms with van der Waals surface area (Å²) in [7, 11) is 1.47. The fourth-order valence-corrected chi connectivity index (χ4v) is 7.21. The van der Waals surface area contributed by atoms with E-state index in [0.717, 1.165) is 40.8 Å². The standard InChI is InChI=1S/C35H26ClN3O5S/c1-43-29-17-23(28(39(41)42)19-30(29)44-20-21-9-3-2-4-10-21)18-31-34(40)38-33(25-13-7-8-14-27(25)36)26-16-15-22-11-5-6-12-24(22)32(26)37-35(38)45-31/h2-14,17-19,33H,15-16,20H2,1H3/t33-/m1/s1. The number of ether oxygens (including phenoxy) is 2. The molecule has 4 aromatic carbocycles. The van der Waals surface area contributed by atoms with Gasteiger partial charge in [-0.3, -0.25) is 19.5 Å². The number of aryl methyl sites for hydroxylation is 1. The first-order chi connectivity index (χ1) is 21.9. The fraction of sp³-hybridized carbons (Fsp3) is 0.143. The second-order valence-corrected chi connectivity index (χ2v) is 12.1. The molecule has 45 heavy (non-hydrogen) atoms. The van der Waals surface area contributed by atoms with Crippen molar-refractivity contribution in [3.8, 4) is 11.5 Å². The van der Waals surface area contributed by atoms with E-state index in [4.69, 9.17) is 26.1 Å². The minimum atomic E-state index is -0.486. The van der Waals surface area contributed by atoms with Gasteiger partial charge in [0.1, 0.15) is 6.61 Å². The number of benzene rings is 4. The maximum absolute atomic E-state index is 14.2. The number of rotatable bonds is 7. The van der Waals surface area contributed by atoms with Gasteiger partial charge >= 0.3 is 0 Å². The number of aromatic nitrogens is 1. The van der Waals surface area contributed by atoms with Crippen molar-refractivity contribution in [2.75, 3.05) is 7.11 Å². The van der Waals surface area contributed by atoms with E-state index in [1.54, 1.807) is 4.57 Å². The summed E-state index contributed by atoms with van der Waals surface area (Å²) >= 11 is 7.93.